The van der Waals surface area contributed by atoms with Gasteiger partial charge in [0.05, 0.1) is 22.2 Å². The summed E-state index contributed by atoms with van der Waals surface area (Å²) in [5, 5.41) is 4.82. The zero-order chi connectivity index (χ0) is 15.3. The Morgan fingerprint density at radius 2 is 1.90 bits per heavy atom. The van der Waals surface area contributed by atoms with Crippen LogP contribution in [0.3, 0.4) is 0 Å². The maximum atomic E-state index is 11.8. The molecule has 0 heterocycles. The number of esters is 1. The lowest BCUT2D eigenvalue weighted by Gasteiger charge is -2.09. The average molecular weight is 342 g/mol. The van der Waals surface area contributed by atoms with E-state index in [2.05, 4.69) is 0 Å². The van der Waals surface area contributed by atoms with Crippen LogP contribution < -0.4 is 5.14 Å². The van der Waals surface area contributed by atoms with Gasteiger partial charge >= 0.3 is 5.97 Å². The van der Waals surface area contributed by atoms with Crippen molar-refractivity contribution in [3.63, 3.8) is 0 Å². The van der Waals surface area contributed by atoms with Gasteiger partial charge in [-0.15, -0.1) is 0 Å². The lowest BCUT2D eigenvalue weighted by molar-refractivity contribution is 0.0468. The number of carbonyl (C=O) groups excluding carboxylic acids is 1. The number of halogens is 2. The molecule has 1 rings (SSSR count). The van der Waals surface area contributed by atoms with Crippen LogP contribution in [0.5, 0.6) is 0 Å². The highest BCUT2D eigenvalue weighted by atomic mass is 35.5. The van der Waals surface area contributed by atoms with E-state index in [9.17, 15) is 13.2 Å². The molecule has 0 atom stereocenters. The summed E-state index contributed by atoms with van der Waals surface area (Å²) in [4.78, 5) is 11.4. The predicted molar refractivity (Wildman–Crippen MR) is 74.6 cm³/mol. The number of primary sulfonamides is 1. The molecule has 0 aliphatic heterocycles. The molecule has 0 saturated carbocycles. The van der Waals surface area contributed by atoms with Gasteiger partial charge in [-0.25, -0.2) is 18.4 Å². The molecule has 0 unspecified atom stereocenters. The van der Waals surface area contributed by atoms with E-state index in [0.717, 1.165) is 12.1 Å². The molecule has 0 saturated heterocycles. The molecule has 0 fully saturated rings. The molecule has 0 radical (unpaired) electrons. The Labute approximate surface area is 126 Å². The van der Waals surface area contributed by atoms with Crippen LogP contribution in [-0.2, 0) is 19.5 Å². The average Bonchev–Trinajstić information content (AvgIpc) is 2.32. The van der Waals surface area contributed by atoms with E-state index in [0.29, 0.717) is 13.0 Å². The second-order valence-corrected chi connectivity index (χ2v) is 6.13. The van der Waals surface area contributed by atoms with E-state index in [1.807, 2.05) is 0 Å². The highest BCUT2D eigenvalue weighted by Gasteiger charge is 2.20. The molecule has 112 valence electrons. The Hall–Kier alpha value is -0.860. The molecule has 6 nitrogen and oxygen atoms in total. The Kier molecular flexibility index (Phi) is 6.22. The zero-order valence-corrected chi connectivity index (χ0v) is 12.9. The van der Waals surface area contributed by atoms with Crippen LogP contribution in [0.1, 0.15) is 16.8 Å². The smallest absolute Gasteiger partial charge is 0.339 e. The molecule has 0 bridgehead atoms. The van der Waals surface area contributed by atoms with Crippen molar-refractivity contribution in [3.8, 4) is 0 Å². The maximum Gasteiger partial charge on any atom is 0.339 e. The van der Waals surface area contributed by atoms with E-state index in [1.54, 1.807) is 0 Å². The number of nitrogens with two attached hydrogens (primary N) is 1. The van der Waals surface area contributed by atoms with Crippen molar-refractivity contribution in [3.05, 3.63) is 27.7 Å². The van der Waals surface area contributed by atoms with Gasteiger partial charge in [0.25, 0.3) is 0 Å². The van der Waals surface area contributed by atoms with E-state index >= 15 is 0 Å². The quantitative estimate of drug-likeness (QED) is 0.629. The van der Waals surface area contributed by atoms with E-state index in [1.165, 1.54) is 7.11 Å². The van der Waals surface area contributed by atoms with Crippen molar-refractivity contribution in [1.82, 2.24) is 0 Å². The SMILES string of the molecule is COCCCOC(=O)c1cc(S(N)(=O)=O)c(Cl)cc1Cl. The fourth-order valence-electron chi connectivity index (χ4n) is 1.35. The van der Waals surface area contributed by atoms with Crippen molar-refractivity contribution >= 4 is 39.2 Å². The number of carbonyl (C=O) groups is 1. The third kappa shape index (κ3) is 4.60. The third-order valence-electron chi connectivity index (χ3n) is 2.27. The summed E-state index contributed by atoms with van der Waals surface area (Å²) in [6, 6.07) is 2.13. The molecule has 0 spiro atoms. The third-order valence-corrected chi connectivity index (χ3v) is 3.96. The molecular formula is C11H13Cl2NO5S. The predicted octanol–water partition coefficient (Wildman–Crippen LogP) is 1.83. The van der Waals surface area contributed by atoms with E-state index in [-0.39, 0.29) is 27.1 Å². The Balaban J connectivity index is 2.98. The minimum absolute atomic E-state index is 0.0147. The first-order valence-electron chi connectivity index (χ1n) is 5.45. The first-order valence-corrected chi connectivity index (χ1v) is 7.75. The number of benzene rings is 1. The van der Waals surface area contributed by atoms with E-state index < -0.39 is 16.0 Å². The Morgan fingerprint density at radius 1 is 1.25 bits per heavy atom. The van der Waals surface area contributed by atoms with Crippen LogP contribution in [0.25, 0.3) is 0 Å². The number of methoxy groups -OCH3 is 1. The zero-order valence-electron chi connectivity index (χ0n) is 10.6. The molecule has 20 heavy (non-hydrogen) atoms. The van der Waals surface area contributed by atoms with Gasteiger partial charge < -0.3 is 9.47 Å². The molecule has 0 aliphatic carbocycles. The van der Waals surface area contributed by atoms with Gasteiger partial charge in [-0.3, -0.25) is 0 Å². The van der Waals surface area contributed by atoms with Crippen molar-refractivity contribution in [2.45, 2.75) is 11.3 Å². The van der Waals surface area contributed by atoms with Crippen LogP contribution in [0.15, 0.2) is 17.0 Å². The summed E-state index contributed by atoms with van der Waals surface area (Å²) in [6.07, 6.45) is 0.509. The first-order chi connectivity index (χ1) is 9.27. The van der Waals surface area contributed by atoms with Crippen LogP contribution in [0.2, 0.25) is 10.0 Å². The van der Waals surface area contributed by atoms with Crippen molar-refractivity contribution in [2.75, 3.05) is 20.3 Å². The van der Waals surface area contributed by atoms with Gasteiger partial charge in [0, 0.05) is 20.1 Å². The fourth-order valence-corrected chi connectivity index (χ4v) is 2.75. The van der Waals surface area contributed by atoms with Crippen molar-refractivity contribution in [1.29, 1.82) is 0 Å². The molecule has 0 amide bonds. The molecule has 0 aliphatic rings. The lowest BCUT2D eigenvalue weighted by Crippen LogP contribution is -2.15. The summed E-state index contributed by atoms with van der Waals surface area (Å²) >= 11 is 11.6. The summed E-state index contributed by atoms with van der Waals surface area (Å²) in [5.41, 5.74) is -0.113. The van der Waals surface area contributed by atoms with Crippen LogP contribution in [0, 0.1) is 0 Å². The second-order valence-electron chi connectivity index (χ2n) is 3.79. The topological polar surface area (TPSA) is 95.7 Å². The lowest BCUT2D eigenvalue weighted by atomic mass is 10.2. The number of sulfonamides is 1. The second kappa shape index (κ2) is 7.24. The minimum atomic E-state index is -4.05. The number of hydrogen-bond acceptors (Lipinski definition) is 5. The Bertz CT molecular complexity index is 603. The molecule has 1 aromatic carbocycles. The number of rotatable bonds is 6. The molecule has 1 aromatic rings. The largest absolute Gasteiger partial charge is 0.462 e. The molecule has 2 N–H and O–H groups in total. The van der Waals surface area contributed by atoms with E-state index in [4.69, 9.17) is 37.8 Å². The van der Waals surface area contributed by atoms with Gasteiger partial charge in [-0.1, -0.05) is 23.2 Å². The van der Waals surface area contributed by atoms with Gasteiger partial charge in [0.2, 0.25) is 10.0 Å². The van der Waals surface area contributed by atoms with Gasteiger partial charge in [0.1, 0.15) is 4.90 Å². The monoisotopic (exact) mass is 341 g/mol. The Morgan fingerprint density at radius 3 is 2.45 bits per heavy atom. The normalized spacial score (nSPS) is 11.4. The number of hydrogen-bond donors (Lipinski definition) is 1. The summed E-state index contributed by atoms with van der Waals surface area (Å²) in [6.45, 7) is 0.556. The van der Waals surface area contributed by atoms with Crippen molar-refractivity contribution < 1.29 is 22.7 Å². The van der Waals surface area contributed by atoms with Crippen LogP contribution in [-0.4, -0.2) is 34.7 Å². The van der Waals surface area contributed by atoms with Gasteiger partial charge in [0.15, 0.2) is 0 Å². The molecule has 0 aromatic heterocycles. The van der Waals surface area contributed by atoms with Gasteiger partial charge in [-0.05, 0) is 12.1 Å². The standard InChI is InChI=1S/C11H13Cl2NO5S/c1-18-3-2-4-19-11(15)7-5-10(20(14,16)17)9(13)6-8(7)12/h5-6H,2-4H2,1H3,(H2,14,16,17). The first kappa shape index (κ1) is 17.2. The summed E-state index contributed by atoms with van der Waals surface area (Å²) < 4.78 is 32.4. The molecule has 9 heteroatoms. The maximum absolute atomic E-state index is 11.8. The number of ether oxygens (including phenoxy) is 2. The van der Waals surface area contributed by atoms with Crippen LogP contribution in [0.4, 0.5) is 0 Å². The van der Waals surface area contributed by atoms with Gasteiger partial charge in [-0.2, -0.15) is 0 Å². The molecular weight excluding hydrogens is 329 g/mol. The minimum Gasteiger partial charge on any atom is -0.462 e. The highest BCUT2D eigenvalue weighted by Crippen LogP contribution is 2.28. The fraction of sp³-hybridized carbons (Fsp3) is 0.364. The van der Waals surface area contributed by atoms with Crippen LogP contribution >= 0.6 is 23.2 Å². The van der Waals surface area contributed by atoms with Crippen molar-refractivity contribution in [2.24, 2.45) is 5.14 Å². The highest BCUT2D eigenvalue weighted by molar-refractivity contribution is 7.89. The summed E-state index contributed by atoms with van der Waals surface area (Å²) in [7, 11) is -2.53. The summed E-state index contributed by atoms with van der Waals surface area (Å²) in [5.74, 6) is -0.757.